The molecule has 0 aromatic heterocycles. The van der Waals surface area contributed by atoms with E-state index in [0.717, 1.165) is 0 Å². The van der Waals surface area contributed by atoms with E-state index in [-0.39, 0.29) is 0 Å². The second-order valence-corrected chi connectivity index (χ2v) is 1.65. The largest absolute Gasteiger partial charge is 0.569 e. The summed E-state index contributed by atoms with van der Waals surface area (Å²) in [6, 6.07) is 0. The third kappa shape index (κ3) is 5.79. The molecule has 0 rings (SSSR count). The third-order valence-corrected chi connectivity index (χ3v) is 0.383. The maximum absolute atomic E-state index is 9.34. The van der Waals surface area contributed by atoms with Crippen LogP contribution in [0.4, 0.5) is 0 Å². The summed E-state index contributed by atoms with van der Waals surface area (Å²) in [4.78, 5) is 0. The van der Waals surface area contributed by atoms with E-state index in [1.54, 1.807) is 0 Å². The molecule has 0 bridgehead atoms. The van der Waals surface area contributed by atoms with Crippen LogP contribution in [0, 0.1) is 0 Å². The highest BCUT2D eigenvalue weighted by atomic mass is 32.3. The summed E-state index contributed by atoms with van der Waals surface area (Å²) >= 11 is 0. The minimum atomic E-state index is -4.52. The number of hydrogen-bond donors (Lipinski definition) is 2. The molecule has 0 saturated carbocycles. The summed E-state index contributed by atoms with van der Waals surface area (Å²) in [5, 5.41) is 9.89. The molecule has 0 aliphatic carbocycles. The Labute approximate surface area is 39.1 Å². The first-order chi connectivity index (χ1) is 3.06. The van der Waals surface area contributed by atoms with Crippen LogP contribution in [0.1, 0.15) is 0 Å². The molecule has 0 aliphatic heterocycles. The molecule has 0 unspecified atom stereocenters. The molecule has 0 amide bonds. The molecule has 44 valence electrons. The SMILES string of the molecule is O=S(=O)(O)[OH+]OO. The van der Waals surface area contributed by atoms with E-state index >= 15 is 0 Å². The van der Waals surface area contributed by atoms with Crippen molar-refractivity contribution < 1.29 is 27.6 Å². The van der Waals surface area contributed by atoms with Crippen LogP contribution in [-0.4, -0.2) is 22.6 Å². The summed E-state index contributed by atoms with van der Waals surface area (Å²) in [5.41, 5.74) is 0. The molecule has 0 radical (unpaired) electrons. The van der Waals surface area contributed by atoms with E-state index in [2.05, 4.69) is 5.04 Å². The first-order valence-corrected chi connectivity index (χ1v) is 2.46. The first kappa shape index (κ1) is 6.79. The fourth-order valence-corrected chi connectivity index (χ4v) is 0.126. The van der Waals surface area contributed by atoms with Gasteiger partial charge >= 0.3 is 10.4 Å². The lowest BCUT2D eigenvalue weighted by Crippen LogP contribution is -2.07. The van der Waals surface area contributed by atoms with Crippen molar-refractivity contribution in [1.29, 1.82) is 0 Å². The highest BCUT2D eigenvalue weighted by Crippen LogP contribution is 1.75. The van der Waals surface area contributed by atoms with Gasteiger partial charge in [-0.3, -0.25) is 0 Å². The van der Waals surface area contributed by atoms with E-state index in [4.69, 9.17) is 9.81 Å². The van der Waals surface area contributed by atoms with Gasteiger partial charge in [-0.2, -0.15) is 5.26 Å². The van der Waals surface area contributed by atoms with Crippen LogP contribution in [0.25, 0.3) is 0 Å². The molecule has 3 N–H and O–H groups in total. The van der Waals surface area contributed by atoms with Crippen LogP contribution in [0.5, 0.6) is 0 Å². The van der Waals surface area contributed by atoms with Crippen molar-refractivity contribution in [3.8, 4) is 0 Å². The molecule has 7 heteroatoms. The highest BCUT2D eigenvalue weighted by molar-refractivity contribution is 7.80. The van der Waals surface area contributed by atoms with E-state index < -0.39 is 10.4 Å². The minimum Gasteiger partial charge on any atom is -0.221 e. The van der Waals surface area contributed by atoms with Gasteiger partial charge in [0.2, 0.25) is 0 Å². The molecule has 0 aliphatic rings. The van der Waals surface area contributed by atoms with Crippen LogP contribution in [0.3, 0.4) is 0 Å². The predicted molar refractivity (Wildman–Crippen MR) is 17.9 cm³/mol. The molecular weight excluding hydrogens is 128 g/mol. The summed E-state index contributed by atoms with van der Waals surface area (Å²) < 4.78 is 28.0. The van der Waals surface area contributed by atoms with Crippen molar-refractivity contribution in [2.45, 2.75) is 0 Å². The number of rotatable bonds is 2. The van der Waals surface area contributed by atoms with Gasteiger partial charge in [0.05, 0.1) is 5.04 Å². The Balaban J connectivity index is 3.60. The standard InChI is InChI=1S/H2O6S/c1-5-6-7(2,3)4/h1H,(H,2,3,4)/p+1. The zero-order chi connectivity index (χ0) is 5.91. The van der Waals surface area contributed by atoms with Gasteiger partial charge < -0.3 is 0 Å². The minimum absolute atomic E-state index is 1.84. The lowest BCUT2D eigenvalue weighted by atomic mass is 14.6. The maximum atomic E-state index is 9.34. The van der Waals surface area contributed by atoms with Gasteiger partial charge in [-0.25, -0.2) is 4.55 Å². The second-order valence-electron chi connectivity index (χ2n) is 0.604. The number of hydrogen-bond acceptors (Lipinski definition) is 4. The lowest BCUT2D eigenvalue weighted by Gasteiger charge is -1.78. The van der Waals surface area contributed by atoms with E-state index in [0.29, 0.717) is 0 Å². The van der Waals surface area contributed by atoms with E-state index in [1.165, 1.54) is 0 Å². The summed E-state index contributed by atoms with van der Waals surface area (Å²) in [6.45, 7) is 0. The van der Waals surface area contributed by atoms with Gasteiger partial charge in [-0.05, 0) is 0 Å². The predicted octanol–water partition coefficient (Wildman–Crippen LogP) is -0.712. The Hall–Kier alpha value is -0.210. The zero-order valence-electron chi connectivity index (χ0n) is 2.97. The maximum Gasteiger partial charge on any atom is 0.569 e. The quantitative estimate of drug-likeness (QED) is 0.223. The summed E-state index contributed by atoms with van der Waals surface area (Å²) in [7, 11) is -4.52. The molecule has 0 atom stereocenters. The van der Waals surface area contributed by atoms with Gasteiger partial charge in [0, 0.05) is 0 Å². The zero-order valence-corrected chi connectivity index (χ0v) is 3.79. The Morgan fingerprint density at radius 3 is 2.00 bits per heavy atom. The molecular formula is H3O6S+. The molecule has 7 heavy (non-hydrogen) atoms. The molecule has 0 fully saturated rings. The summed E-state index contributed by atoms with van der Waals surface area (Å²) in [5.74, 6) is 0. The summed E-state index contributed by atoms with van der Waals surface area (Å²) in [6.07, 6.45) is 0. The third-order valence-electron chi connectivity index (χ3n) is 0.128. The smallest absolute Gasteiger partial charge is 0.221 e. The molecule has 0 spiro atoms. The van der Waals surface area contributed by atoms with Crippen molar-refractivity contribution in [3.63, 3.8) is 0 Å². The van der Waals surface area contributed by atoms with Crippen LogP contribution in [0.15, 0.2) is 0 Å². The van der Waals surface area contributed by atoms with Crippen molar-refractivity contribution in [2.75, 3.05) is 0 Å². The monoisotopic (exact) mass is 131 g/mol. The van der Waals surface area contributed by atoms with Gasteiger partial charge in [-0.1, -0.05) is 4.33 Å². The molecule has 0 heterocycles. The first-order valence-electron chi connectivity index (χ1n) is 1.06. The normalized spacial score (nSPS) is 11.7. The van der Waals surface area contributed by atoms with Gasteiger partial charge in [0.25, 0.3) is 0 Å². The van der Waals surface area contributed by atoms with Crippen LogP contribution >= 0.6 is 0 Å². The molecule has 0 saturated heterocycles. The Bertz CT molecular complexity index is 117. The average molecular weight is 131 g/mol. The molecule has 0 aromatic rings. The van der Waals surface area contributed by atoms with Gasteiger partial charge in [0.15, 0.2) is 0 Å². The fraction of sp³-hybridized carbons (Fsp3) is 0. The van der Waals surface area contributed by atoms with Gasteiger partial charge in [0.1, 0.15) is 0 Å². The van der Waals surface area contributed by atoms with E-state index in [1.807, 2.05) is 4.33 Å². The Kier molecular flexibility index (Phi) is 2.12. The second kappa shape index (κ2) is 2.19. The lowest BCUT2D eigenvalue weighted by molar-refractivity contribution is -0.511. The molecule has 6 nitrogen and oxygen atoms in total. The van der Waals surface area contributed by atoms with Crippen LogP contribution in [0.2, 0.25) is 0 Å². The highest BCUT2D eigenvalue weighted by Gasteiger charge is 2.10. The van der Waals surface area contributed by atoms with Crippen molar-refractivity contribution >= 4 is 10.4 Å². The topological polar surface area (TPSA) is 96.6 Å². The molecule has 0 aromatic carbocycles. The fourth-order valence-electron chi connectivity index (χ4n) is 0.0421. The Morgan fingerprint density at radius 1 is 1.57 bits per heavy atom. The van der Waals surface area contributed by atoms with Crippen molar-refractivity contribution in [3.05, 3.63) is 0 Å². The van der Waals surface area contributed by atoms with E-state index in [9.17, 15) is 8.42 Å². The van der Waals surface area contributed by atoms with Crippen molar-refractivity contribution in [1.82, 2.24) is 0 Å². The van der Waals surface area contributed by atoms with Gasteiger partial charge in [-0.15, -0.1) is 8.42 Å². The van der Waals surface area contributed by atoms with Crippen LogP contribution in [-0.2, 0) is 15.4 Å². The Morgan fingerprint density at radius 2 is 2.00 bits per heavy atom. The average Bonchev–Trinajstić information content (AvgIpc) is 1.30. The van der Waals surface area contributed by atoms with Crippen LogP contribution < -0.4 is 0 Å². The van der Waals surface area contributed by atoms with Crippen molar-refractivity contribution in [2.24, 2.45) is 0 Å².